The highest BCUT2D eigenvalue weighted by Gasteiger charge is 2.36. The molecule has 5 nitrogen and oxygen atoms in total. The Balaban J connectivity index is 1.58. The first-order valence-electron chi connectivity index (χ1n) is 8.94. The van der Waals surface area contributed by atoms with E-state index in [9.17, 15) is 14.7 Å². The van der Waals surface area contributed by atoms with Gasteiger partial charge in [-0.15, -0.1) is 0 Å². The number of hydrogen-bond donors (Lipinski definition) is 2. The van der Waals surface area contributed by atoms with Crippen molar-refractivity contribution in [2.45, 2.75) is 57.6 Å². The summed E-state index contributed by atoms with van der Waals surface area (Å²) < 4.78 is 0. The number of nitrogens with one attached hydrogen (secondary N) is 1. The van der Waals surface area contributed by atoms with Gasteiger partial charge in [0.1, 0.15) is 0 Å². The summed E-state index contributed by atoms with van der Waals surface area (Å²) in [6.45, 7) is 2.55. The molecule has 5 heteroatoms. The SMILES string of the molecule is CCc1ccc(N2CC(C(=O)NC3CCC(O)CC3)CC2=O)cc1. The number of aryl methyl sites for hydroxylation is 1. The van der Waals surface area contributed by atoms with E-state index in [1.54, 1.807) is 4.90 Å². The molecule has 3 rings (SSSR count). The number of carbonyl (C=O) groups excluding carboxylic acids is 2. The van der Waals surface area contributed by atoms with Gasteiger partial charge in [0.15, 0.2) is 0 Å². The van der Waals surface area contributed by atoms with Gasteiger partial charge in [-0.25, -0.2) is 0 Å². The number of hydrogen-bond acceptors (Lipinski definition) is 3. The van der Waals surface area contributed by atoms with Crippen LogP contribution in [0.4, 0.5) is 5.69 Å². The van der Waals surface area contributed by atoms with Crippen molar-refractivity contribution in [2.24, 2.45) is 5.92 Å². The Hall–Kier alpha value is -1.88. The molecule has 1 heterocycles. The summed E-state index contributed by atoms with van der Waals surface area (Å²) in [6, 6.07) is 8.11. The molecule has 1 saturated heterocycles. The molecule has 2 aliphatic rings. The molecule has 1 aliphatic heterocycles. The van der Waals surface area contributed by atoms with E-state index in [1.165, 1.54) is 5.56 Å². The Bertz CT molecular complexity index is 591. The van der Waals surface area contributed by atoms with Crippen molar-refractivity contribution in [3.05, 3.63) is 29.8 Å². The van der Waals surface area contributed by atoms with Gasteiger partial charge in [0.25, 0.3) is 0 Å². The number of aliphatic hydroxyl groups excluding tert-OH is 1. The van der Waals surface area contributed by atoms with Gasteiger partial charge in [-0.1, -0.05) is 19.1 Å². The smallest absolute Gasteiger partial charge is 0.227 e. The molecule has 24 heavy (non-hydrogen) atoms. The summed E-state index contributed by atoms with van der Waals surface area (Å²) >= 11 is 0. The van der Waals surface area contributed by atoms with Crippen molar-refractivity contribution in [1.82, 2.24) is 5.32 Å². The van der Waals surface area contributed by atoms with Crippen molar-refractivity contribution in [3.63, 3.8) is 0 Å². The second-order valence-corrected chi connectivity index (χ2v) is 6.94. The first-order chi connectivity index (χ1) is 11.6. The van der Waals surface area contributed by atoms with Gasteiger partial charge in [-0.3, -0.25) is 9.59 Å². The standard InChI is InChI=1S/C19H26N2O3/c1-2-13-3-7-16(8-4-13)21-12-14(11-18(21)23)19(24)20-15-5-9-17(22)10-6-15/h3-4,7-8,14-15,17,22H,2,5-6,9-12H2,1H3,(H,20,24). The maximum atomic E-state index is 12.5. The van der Waals surface area contributed by atoms with Crippen molar-refractivity contribution in [3.8, 4) is 0 Å². The average molecular weight is 330 g/mol. The van der Waals surface area contributed by atoms with Gasteiger partial charge in [0, 0.05) is 24.7 Å². The highest BCUT2D eigenvalue weighted by Crippen LogP contribution is 2.26. The van der Waals surface area contributed by atoms with E-state index in [-0.39, 0.29) is 36.3 Å². The molecule has 2 N–H and O–H groups in total. The van der Waals surface area contributed by atoms with Crippen LogP contribution >= 0.6 is 0 Å². The first-order valence-corrected chi connectivity index (χ1v) is 8.94. The van der Waals surface area contributed by atoms with Crippen LogP contribution in [-0.4, -0.2) is 35.6 Å². The van der Waals surface area contributed by atoms with E-state index in [0.717, 1.165) is 37.8 Å². The summed E-state index contributed by atoms with van der Waals surface area (Å²) in [6.07, 6.45) is 4.12. The Morgan fingerprint density at radius 1 is 1.21 bits per heavy atom. The summed E-state index contributed by atoms with van der Waals surface area (Å²) in [5.41, 5.74) is 2.10. The average Bonchev–Trinajstić information content (AvgIpc) is 2.99. The second kappa shape index (κ2) is 7.34. The lowest BCUT2D eigenvalue weighted by molar-refractivity contribution is -0.127. The molecule has 0 radical (unpaired) electrons. The van der Waals surface area contributed by atoms with Gasteiger partial charge in [0.2, 0.25) is 11.8 Å². The molecule has 0 aromatic heterocycles. The van der Waals surface area contributed by atoms with E-state index in [0.29, 0.717) is 6.54 Å². The number of anilines is 1. The second-order valence-electron chi connectivity index (χ2n) is 6.94. The van der Waals surface area contributed by atoms with Gasteiger partial charge < -0.3 is 15.3 Å². The molecular weight excluding hydrogens is 304 g/mol. The molecule has 2 fully saturated rings. The van der Waals surface area contributed by atoms with Crippen molar-refractivity contribution >= 4 is 17.5 Å². The van der Waals surface area contributed by atoms with Crippen LogP contribution in [0.5, 0.6) is 0 Å². The third-order valence-corrected chi connectivity index (χ3v) is 5.20. The third-order valence-electron chi connectivity index (χ3n) is 5.20. The van der Waals surface area contributed by atoms with Crippen LogP contribution in [0.15, 0.2) is 24.3 Å². The van der Waals surface area contributed by atoms with E-state index >= 15 is 0 Å². The number of rotatable bonds is 4. The van der Waals surface area contributed by atoms with Crippen molar-refractivity contribution in [2.75, 3.05) is 11.4 Å². The fraction of sp³-hybridized carbons (Fsp3) is 0.579. The van der Waals surface area contributed by atoms with E-state index in [1.807, 2.05) is 24.3 Å². The molecule has 0 bridgehead atoms. The van der Waals surface area contributed by atoms with E-state index in [4.69, 9.17) is 0 Å². The number of amides is 2. The largest absolute Gasteiger partial charge is 0.393 e. The zero-order valence-corrected chi connectivity index (χ0v) is 14.2. The number of nitrogens with zero attached hydrogens (tertiary/aromatic N) is 1. The Morgan fingerprint density at radius 3 is 2.50 bits per heavy atom. The molecule has 1 atom stereocenters. The summed E-state index contributed by atoms with van der Waals surface area (Å²) in [5, 5.41) is 12.6. The first kappa shape index (κ1) is 17.0. The lowest BCUT2D eigenvalue weighted by atomic mass is 9.92. The quantitative estimate of drug-likeness (QED) is 0.887. The van der Waals surface area contributed by atoms with Crippen LogP contribution in [0.25, 0.3) is 0 Å². The molecular formula is C19H26N2O3. The van der Waals surface area contributed by atoms with Gasteiger partial charge in [-0.2, -0.15) is 0 Å². The normalized spacial score (nSPS) is 27.3. The van der Waals surface area contributed by atoms with Crippen LogP contribution in [0, 0.1) is 5.92 Å². The van der Waals surface area contributed by atoms with Crippen LogP contribution < -0.4 is 10.2 Å². The molecule has 1 aliphatic carbocycles. The summed E-state index contributed by atoms with van der Waals surface area (Å²) in [7, 11) is 0. The Morgan fingerprint density at radius 2 is 1.88 bits per heavy atom. The summed E-state index contributed by atoms with van der Waals surface area (Å²) in [4.78, 5) is 26.5. The maximum Gasteiger partial charge on any atom is 0.227 e. The minimum atomic E-state index is -0.282. The molecule has 1 aromatic rings. The monoisotopic (exact) mass is 330 g/mol. The molecule has 1 unspecified atom stereocenters. The van der Waals surface area contributed by atoms with Crippen LogP contribution in [-0.2, 0) is 16.0 Å². The lowest BCUT2D eigenvalue weighted by Gasteiger charge is -2.27. The summed E-state index contributed by atoms with van der Waals surface area (Å²) in [5.74, 6) is -0.300. The Labute approximate surface area is 143 Å². The fourth-order valence-electron chi connectivity index (χ4n) is 3.58. The highest BCUT2D eigenvalue weighted by atomic mass is 16.3. The maximum absolute atomic E-state index is 12.5. The molecule has 1 aromatic carbocycles. The fourth-order valence-corrected chi connectivity index (χ4v) is 3.58. The zero-order chi connectivity index (χ0) is 17.1. The van der Waals surface area contributed by atoms with Crippen LogP contribution in [0.3, 0.4) is 0 Å². The van der Waals surface area contributed by atoms with Gasteiger partial charge >= 0.3 is 0 Å². The number of benzene rings is 1. The minimum Gasteiger partial charge on any atom is -0.393 e. The predicted octanol–water partition coefficient (Wildman–Crippen LogP) is 2.02. The van der Waals surface area contributed by atoms with Crippen LogP contribution in [0.1, 0.15) is 44.6 Å². The predicted molar refractivity (Wildman–Crippen MR) is 92.7 cm³/mol. The number of aliphatic hydroxyl groups is 1. The van der Waals surface area contributed by atoms with E-state index in [2.05, 4.69) is 12.2 Å². The number of carbonyl (C=O) groups is 2. The Kier molecular flexibility index (Phi) is 5.19. The lowest BCUT2D eigenvalue weighted by Crippen LogP contribution is -2.42. The minimum absolute atomic E-state index is 0.0125. The van der Waals surface area contributed by atoms with Gasteiger partial charge in [0.05, 0.1) is 12.0 Å². The van der Waals surface area contributed by atoms with Crippen molar-refractivity contribution in [1.29, 1.82) is 0 Å². The van der Waals surface area contributed by atoms with Crippen LogP contribution in [0.2, 0.25) is 0 Å². The topological polar surface area (TPSA) is 69.6 Å². The third kappa shape index (κ3) is 3.78. The van der Waals surface area contributed by atoms with Gasteiger partial charge in [-0.05, 0) is 49.8 Å². The molecule has 0 spiro atoms. The van der Waals surface area contributed by atoms with Crippen molar-refractivity contribution < 1.29 is 14.7 Å². The van der Waals surface area contributed by atoms with E-state index < -0.39 is 0 Å². The highest BCUT2D eigenvalue weighted by molar-refractivity contribution is 6.00. The zero-order valence-electron chi connectivity index (χ0n) is 14.2. The molecule has 1 saturated carbocycles. The molecule has 2 amide bonds. The molecule has 130 valence electrons.